The SMILES string of the molecule is COc1cc(OC)cc(C(=O)c2coc3ccccc23)c1. The van der Waals surface area contributed by atoms with Gasteiger partial charge in [0, 0.05) is 17.0 Å². The third kappa shape index (κ3) is 2.36. The predicted molar refractivity (Wildman–Crippen MR) is 79.2 cm³/mol. The molecule has 3 aromatic rings. The molecular formula is C17H14O4. The zero-order chi connectivity index (χ0) is 14.8. The molecule has 0 saturated heterocycles. The van der Waals surface area contributed by atoms with Crippen LogP contribution in [0.15, 0.2) is 53.1 Å². The summed E-state index contributed by atoms with van der Waals surface area (Å²) in [5.41, 5.74) is 1.72. The summed E-state index contributed by atoms with van der Waals surface area (Å²) >= 11 is 0. The van der Waals surface area contributed by atoms with Crippen LogP contribution < -0.4 is 9.47 Å². The Morgan fingerprint density at radius 2 is 1.67 bits per heavy atom. The van der Waals surface area contributed by atoms with Crippen molar-refractivity contribution in [2.45, 2.75) is 0 Å². The number of furan rings is 1. The summed E-state index contributed by atoms with van der Waals surface area (Å²) < 4.78 is 15.8. The third-order valence-electron chi connectivity index (χ3n) is 3.34. The summed E-state index contributed by atoms with van der Waals surface area (Å²) in [5.74, 6) is 1.02. The molecule has 21 heavy (non-hydrogen) atoms. The van der Waals surface area contributed by atoms with Crippen molar-refractivity contribution in [1.82, 2.24) is 0 Å². The molecule has 0 radical (unpaired) electrons. The number of carbonyl (C=O) groups excluding carboxylic acids is 1. The quantitative estimate of drug-likeness (QED) is 0.685. The average Bonchev–Trinajstić information content (AvgIpc) is 2.97. The number of rotatable bonds is 4. The van der Waals surface area contributed by atoms with Gasteiger partial charge < -0.3 is 13.9 Å². The van der Waals surface area contributed by atoms with E-state index in [2.05, 4.69) is 0 Å². The fourth-order valence-corrected chi connectivity index (χ4v) is 2.25. The van der Waals surface area contributed by atoms with Gasteiger partial charge in [-0.25, -0.2) is 0 Å². The predicted octanol–water partition coefficient (Wildman–Crippen LogP) is 3.68. The minimum absolute atomic E-state index is 0.128. The number of benzene rings is 2. The monoisotopic (exact) mass is 282 g/mol. The summed E-state index contributed by atoms with van der Waals surface area (Å²) in [6, 6.07) is 12.5. The molecule has 0 bridgehead atoms. The second-order valence-electron chi connectivity index (χ2n) is 4.58. The number of hydrogen-bond donors (Lipinski definition) is 0. The molecule has 0 spiro atoms. The second-order valence-corrected chi connectivity index (χ2v) is 4.58. The van der Waals surface area contributed by atoms with Gasteiger partial charge in [-0.3, -0.25) is 4.79 Å². The minimum Gasteiger partial charge on any atom is -0.497 e. The zero-order valence-electron chi connectivity index (χ0n) is 11.8. The Balaban J connectivity index is 2.09. The highest BCUT2D eigenvalue weighted by molar-refractivity contribution is 6.16. The van der Waals surface area contributed by atoms with E-state index in [1.807, 2.05) is 24.3 Å². The number of ether oxygens (including phenoxy) is 2. The minimum atomic E-state index is -0.128. The van der Waals surface area contributed by atoms with E-state index in [4.69, 9.17) is 13.9 Å². The molecule has 0 aliphatic rings. The maximum Gasteiger partial charge on any atom is 0.197 e. The van der Waals surface area contributed by atoms with Crippen molar-refractivity contribution in [2.24, 2.45) is 0 Å². The van der Waals surface area contributed by atoms with Crippen LogP contribution in [0.25, 0.3) is 11.0 Å². The lowest BCUT2D eigenvalue weighted by molar-refractivity contribution is 0.103. The Kier molecular flexibility index (Phi) is 3.36. The maximum absolute atomic E-state index is 12.7. The molecule has 0 aliphatic carbocycles. The lowest BCUT2D eigenvalue weighted by atomic mass is 10.0. The molecule has 2 aromatic carbocycles. The van der Waals surface area contributed by atoms with E-state index in [-0.39, 0.29) is 5.78 Å². The summed E-state index contributed by atoms with van der Waals surface area (Å²) in [7, 11) is 3.10. The summed E-state index contributed by atoms with van der Waals surface area (Å²) in [5, 5.41) is 0.796. The Morgan fingerprint density at radius 1 is 1.00 bits per heavy atom. The molecule has 0 saturated carbocycles. The van der Waals surface area contributed by atoms with Crippen LogP contribution >= 0.6 is 0 Å². The number of fused-ring (bicyclic) bond motifs is 1. The normalized spacial score (nSPS) is 10.6. The standard InChI is InChI=1S/C17H14O4/c1-19-12-7-11(8-13(9-12)20-2)17(18)15-10-21-16-6-4-3-5-14(15)16/h3-10H,1-2H3. The van der Waals surface area contributed by atoms with E-state index >= 15 is 0 Å². The summed E-state index contributed by atoms with van der Waals surface area (Å²) in [6.45, 7) is 0. The average molecular weight is 282 g/mol. The molecule has 0 aliphatic heterocycles. The van der Waals surface area contributed by atoms with Crippen LogP contribution in [0.4, 0.5) is 0 Å². The molecule has 4 nitrogen and oxygen atoms in total. The number of carbonyl (C=O) groups is 1. The summed E-state index contributed by atoms with van der Waals surface area (Å²) in [6.07, 6.45) is 1.49. The van der Waals surface area contributed by atoms with E-state index < -0.39 is 0 Å². The number of para-hydroxylation sites is 1. The lowest BCUT2D eigenvalue weighted by Gasteiger charge is -2.07. The largest absolute Gasteiger partial charge is 0.497 e. The van der Waals surface area contributed by atoms with Gasteiger partial charge in [-0.05, 0) is 18.2 Å². The van der Waals surface area contributed by atoms with Crippen molar-refractivity contribution in [3.8, 4) is 11.5 Å². The highest BCUT2D eigenvalue weighted by atomic mass is 16.5. The van der Waals surface area contributed by atoms with E-state index in [0.717, 1.165) is 5.39 Å². The van der Waals surface area contributed by atoms with Crippen molar-refractivity contribution >= 4 is 16.8 Å². The highest BCUT2D eigenvalue weighted by Crippen LogP contribution is 2.27. The molecular weight excluding hydrogens is 268 g/mol. The Morgan fingerprint density at radius 3 is 2.33 bits per heavy atom. The third-order valence-corrected chi connectivity index (χ3v) is 3.34. The van der Waals surface area contributed by atoms with Gasteiger partial charge in [-0.2, -0.15) is 0 Å². The van der Waals surface area contributed by atoms with Crippen LogP contribution in [0.3, 0.4) is 0 Å². The van der Waals surface area contributed by atoms with Crippen molar-refractivity contribution in [3.63, 3.8) is 0 Å². The molecule has 0 amide bonds. The number of hydrogen-bond acceptors (Lipinski definition) is 4. The highest BCUT2D eigenvalue weighted by Gasteiger charge is 2.17. The Hall–Kier alpha value is -2.75. The lowest BCUT2D eigenvalue weighted by Crippen LogP contribution is -2.01. The fraction of sp³-hybridized carbons (Fsp3) is 0.118. The molecule has 0 N–H and O–H groups in total. The van der Waals surface area contributed by atoms with Gasteiger partial charge in [-0.15, -0.1) is 0 Å². The van der Waals surface area contributed by atoms with Crippen LogP contribution in [0, 0.1) is 0 Å². The van der Waals surface area contributed by atoms with Crippen molar-refractivity contribution < 1.29 is 18.7 Å². The van der Waals surface area contributed by atoms with Crippen LogP contribution in [-0.4, -0.2) is 20.0 Å². The van der Waals surface area contributed by atoms with Gasteiger partial charge >= 0.3 is 0 Å². The van der Waals surface area contributed by atoms with Crippen molar-refractivity contribution in [3.05, 3.63) is 59.9 Å². The molecule has 106 valence electrons. The first-order chi connectivity index (χ1) is 10.2. The van der Waals surface area contributed by atoms with Crippen molar-refractivity contribution in [2.75, 3.05) is 14.2 Å². The molecule has 1 aromatic heterocycles. The number of ketones is 1. The van der Waals surface area contributed by atoms with Crippen LogP contribution in [0.1, 0.15) is 15.9 Å². The van der Waals surface area contributed by atoms with E-state index in [1.165, 1.54) is 6.26 Å². The van der Waals surface area contributed by atoms with Crippen LogP contribution in [0.2, 0.25) is 0 Å². The van der Waals surface area contributed by atoms with E-state index in [1.54, 1.807) is 32.4 Å². The summed E-state index contributed by atoms with van der Waals surface area (Å²) in [4.78, 5) is 12.7. The Labute approximate surface area is 121 Å². The van der Waals surface area contributed by atoms with Gasteiger partial charge in [0.1, 0.15) is 23.3 Å². The number of methoxy groups -OCH3 is 2. The fourth-order valence-electron chi connectivity index (χ4n) is 2.25. The van der Waals surface area contributed by atoms with Crippen LogP contribution in [0.5, 0.6) is 11.5 Å². The molecule has 0 atom stereocenters. The van der Waals surface area contributed by atoms with Gasteiger partial charge in [0.05, 0.1) is 19.8 Å². The molecule has 4 heteroatoms. The molecule has 3 rings (SSSR count). The van der Waals surface area contributed by atoms with Gasteiger partial charge in [0.2, 0.25) is 0 Å². The van der Waals surface area contributed by atoms with Gasteiger partial charge in [0.15, 0.2) is 5.78 Å². The van der Waals surface area contributed by atoms with E-state index in [9.17, 15) is 4.79 Å². The molecule has 0 unspecified atom stereocenters. The molecule has 0 fully saturated rings. The second kappa shape index (κ2) is 5.32. The van der Waals surface area contributed by atoms with E-state index in [0.29, 0.717) is 28.2 Å². The maximum atomic E-state index is 12.7. The van der Waals surface area contributed by atoms with Gasteiger partial charge in [-0.1, -0.05) is 18.2 Å². The van der Waals surface area contributed by atoms with Crippen molar-refractivity contribution in [1.29, 1.82) is 0 Å². The zero-order valence-corrected chi connectivity index (χ0v) is 11.8. The van der Waals surface area contributed by atoms with Crippen LogP contribution in [-0.2, 0) is 0 Å². The first-order valence-corrected chi connectivity index (χ1v) is 6.47. The smallest absolute Gasteiger partial charge is 0.197 e. The molecule has 1 heterocycles. The first kappa shape index (κ1) is 13.2. The Bertz CT molecular complexity index is 779. The topological polar surface area (TPSA) is 48.7 Å². The van der Waals surface area contributed by atoms with Gasteiger partial charge in [0.25, 0.3) is 0 Å². The first-order valence-electron chi connectivity index (χ1n) is 6.47.